The van der Waals surface area contributed by atoms with Gasteiger partial charge in [0.2, 0.25) is 0 Å². The molecule has 1 aliphatic rings. The minimum atomic E-state index is -0.958. The van der Waals surface area contributed by atoms with Gasteiger partial charge < -0.3 is 19.3 Å². The van der Waals surface area contributed by atoms with Gasteiger partial charge in [-0.2, -0.15) is 0 Å². The summed E-state index contributed by atoms with van der Waals surface area (Å²) in [6, 6.07) is 18.9. The van der Waals surface area contributed by atoms with Crippen molar-refractivity contribution in [2.24, 2.45) is 0 Å². The van der Waals surface area contributed by atoms with Crippen LogP contribution in [0, 0.1) is 0 Å². The average Bonchev–Trinajstić information content (AvgIpc) is 3.18. The van der Waals surface area contributed by atoms with E-state index in [4.69, 9.17) is 14.2 Å². The van der Waals surface area contributed by atoms with Crippen LogP contribution in [0.25, 0.3) is 5.76 Å². The molecule has 3 aromatic carbocycles. The first-order chi connectivity index (χ1) is 16.9. The lowest BCUT2D eigenvalue weighted by molar-refractivity contribution is -0.132. The van der Waals surface area contributed by atoms with E-state index in [0.29, 0.717) is 22.7 Å². The van der Waals surface area contributed by atoms with Crippen molar-refractivity contribution in [1.82, 2.24) is 0 Å². The highest BCUT2D eigenvalue weighted by atomic mass is 16.5. The number of benzene rings is 3. The maximum absolute atomic E-state index is 13.3. The standard InChI is InChI=1S/C27H23NO7/c1-33-19-12-13-21(34-2)20(15-19)24(29)22-23(16-8-5-4-6-9-16)28(26(31)25(22)30)18-11-7-10-17(14-18)27(32)35-3/h4-15,23,29H,1-3H3/b24-22+. The first kappa shape index (κ1) is 23.6. The Kier molecular flexibility index (Phi) is 6.55. The lowest BCUT2D eigenvalue weighted by atomic mass is 9.94. The Bertz CT molecular complexity index is 1330. The van der Waals surface area contributed by atoms with Crippen molar-refractivity contribution in [3.05, 3.63) is 95.1 Å². The van der Waals surface area contributed by atoms with Crippen LogP contribution in [0.2, 0.25) is 0 Å². The van der Waals surface area contributed by atoms with Crippen molar-refractivity contribution in [2.45, 2.75) is 6.04 Å². The Labute approximate surface area is 202 Å². The molecule has 0 radical (unpaired) electrons. The van der Waals surface area contributed by atoms with Crippen LogP contribution in [-0.2, 0) is 14.3 Å². The quantitative estimate of drug-likeness (QED) is 0.249. The fraction of sp³-hybridized carbons (Fsp3) is 0.148. The number of aliphatic hydroxyl groups is 1. The minimum absolute atomic E-state index is 0.115. The number of amides is 1. The van der Waals surface area contributed by atoms with Gasteiger partial charge in [0.25, 0.3) is 11.7 Å². The summed E-state index contributed by atoms with van der Waals surface area (Å²) in [7, 11) is 4.17. The molecule has 8 heteroatoms. The Hall–Kier alpha value is -4.59. The van der Waals surface area contributed by atoms with Gasteiger partial charge in [0.05, 0.1) is 44.1 Å². The van der Waals surface area contributed by atoms with Crippen LogP contribution in [0.1, 0.15) is 27.5 Å². The number of ketones is 1. The summed E-state index contributed by atoms with van der Waals surface area (Å²) in [4.78, 5) is 40.0. The molecule has 0 bridgehead atoms. The van der Waals surface area contributed by atoms with Gasteiger partial charge in [-0.25, -0.2) is 4.79 Å². The Morgan fingerprint density at radius 2 is 1.63 bits per heavy atom. The molecule has 178 valence electrons. The second-order valence-corrected chi connectivity index (χ2v) is 7.69. The topological polar surface area (TPSA) is 102 Å². The summed E-state index contributed by atoms with van der Waals surface area (Å²) in [6.45, 7) is 0. The van der Waals surface area contributed by atoms with Crippen LogP contribution in [0.3, 0.4) is 0 Å². The normalized spacial score (nSPS) is 16.8. The van der Waals surface area contributed by atoms with Gasteiger partial charge in [0.15, 0.2) is 0 Å². The van der Waals surface area contributed by atoms with Crippen molar-refractivity contribution in [3.8, 4) is 11.5 Å². The van der Waals surface area contributed by atoms with Gasteiger partial charge in [0, 0.05) is 5.69 Å². The zero-order chi connectivity index (χ0) is 25.1. The molecule has 0 aromatic heterocycles. The molecule has 1 aliphatic heterocycles. The number of nitrogens with zero attached hydrogens (tertiary/aromatic N) is 1. The molecular weight excluding hydrogens is 450 g/mol. The molecule has 1 N–H and O–H groups in total. The highest BCUT2D eigenvalue weighted by molar-refractivity contribution is 6.51. The highest BCUT2D eigenvalue weighted by Gasteiger charge is 2.47. The smallest absolute Gasteiger partial charge is 0.337 e. The molecule has 0 saturated carbocycles. The molecule has 4 rings (SSSR count). The number of hydrogen-bond acceptors (Lipinski definition) is 7. The maximum atomic E-state index is 13.3. The third-order valence-electron chi connectivity index (χ3n) is 5.77. The molecule has 8 nitrogen and oxygen atoms in total. The number of ether oxygens (including phenoxy) is 3. The summed E-state index contributed by atoms with van der Waals surface area (Å²) in [5.74, 6) is -1.97. The number of rotatable bonds is 6. The van der Waals surface area contributed by atoms with E-state index in [1.54, 1.807) is 60.7 Å². The first-order valence-electron chi connectivity index (χ1n) is 10.7. The second kappa shape index (κ2) is 9.72. The van der Waals surface area contributed by atoms with Crippen molar-refractivity contribution in [2.75, 3.05) is 26.2 Å². The van der Waals surface area contributed by atoms with E-state index in [1.807, 2.05) is 0 Å². The van der Waals surface area contributed by atoms with E-state index < -0.39 is 29.5 Å². The van der Waals surface area contributed by atoms with Crippen LogP contribution in [-0.4, -0.2) is 44.1 Å². The molecule has 3 aromatic rings. The number of aliphatic hydroxyl groups excluding tert-OH is 1. The number of carbonyl (C=O) groups is 3. The summed E-state index contributed by atoms with van der Waals surface area (Å²) in [5, 5.41) is 11.4. The van der Waals surface area contributed by atoms with E-state index in [9.17, 15) is 19.5 Å². The van der Waals surface area contributed by atoms with Crippen molar-refractivity contribution in [3.63, 3.8) is 0 Å². The molecular formula is C27H23NO7. The number of carbonyl (C=O) groups excluding carboxylic acids is 3. The molecule has 1 amide bonds. The number of methoxy groups -OCH3 is 3. The van der Waals surface area contributed by atoms with Crippen LogP contribution in [0.5, 0.6) is 11.5 Å². The van der Waals surface area contributed by atoms with E-state index in [-0.39, 0.29) is 16.7 Å². The van der Waals surface area contributed by atoms with Gasteiger partial charge in [-0.05, 0) is 42.0 Å². The molecule has 1 heterocycles. The molecule has 1 atom stereocenters. The summed E-state index contributed by atoms with van der Waals surface area (Å²) < 4.78 is 15.4. The fourth-order valence-corrected chi connectivity index (χ4v) is 4.09. The molecule has 35 heavy (non-hydrogen) atoms. The summed E-state index contributed by atoms with van der Waals surface area (Å²) in [6.07, 6.45) is 0. The van der Waals surface area contributed by atoms with E-state index in [2.05, 4.69) is 0 Å². The number of esters is 1. The van der Waals surface area contributed by atoms with Crippen molar-refractivity contribution < 1.29 is 33.7 Å². The zero-order valence-corrected chi connectivity index (χ0v) is 19.3. The monoisotopic (exact) mass is 473 g/mol. The second-order valence-electron chi connectivity index (χ2n) is 7.69. The predicted molar refractivity (Wildman–Crippen MR) is 129 cm³/mol. The predicted octanol–water partition coefficient (Wildman–Crippen LogP) is 4.12. The molecule has 1 saturated heterocycles. The van der Waals surface area contributed by atoms with Crippen molar-refractivity contribution in [1.29, 1.82) is 0 Å². The highest BCUT2D eigenvalue weighted by Crippen LogP contribution is 2.43. The summed E-state index contributed by atoms with van der Waals surface area (Å²) >= 11 is 0. The SMILES string of the molecule is COC(=O)c1cccc(N2C(=O)C(=O)/C(=C(/O)c3cc(OC)ccc3OC)C2c2ccccc2)c1. The van der Waals surface area contributed by atoms with Gasteiger partial charge in [-0.3, -0.25) is 14.5 Å². The van der Waals surface area contributed by atoms with Crippen LogP contribution in [0.15, 0.2) is 78.4 Å². The molecule has 0 spiro atoms. The molecule has 0 aliphatic carbocycles. The van der Waals surface area contributed by atoms with Crippen LogP contribution < -0.4 is 14.4 Å². The van der Waals surface area contributed by atoms with Gasteiger partial charge >= 0.3 is 5.97 Å². The Balaban J connectivity index is 1.96. The van der Waals surface area contributed by atoms with Gasteiger partial charge in [0.1, 0.15) is 17.3 Å². The Morgan fingerprint density at radius 3 is 2.29 bits per heavy atom. The van der Waals surface area contributed by atoms with E-state index in [0.717, 1.165) is 0 Å². The largest absolute Gasteiger partial charge is 0.507 e. The third-order valence-corrected chi connectivity index (χ3v) is 5.77. The number of Topliss-reactive ketones (excluding diaryl/α,β-unsaturated/α-hetero) is 1. The fourth-order valence-electron chi connectivity index (χ4n) is 4.09. The minimum Gasteiger partial charge on any atom is -0.507 e. The van der Waals surface area contributed by atoms with E-state index in [1.165, 1.54) is 38.4 Å². The molecule has 1 fully saturated rings. The molecule has 1 unspecified atom stereocenters. The van der Waals surface area contributed by atoms with Crippen LogP contribution >= 0.6 is 0 Å². The van der Waals surface area contributed by atoms with Crippen LogP contribution in [0.4, 0.5) is 5.69 Å². The summed E-state index contributed by atoms with van der Waals surface area (Å²) in [5.41, 5.74) is 1.21. The number of anilines is 1. The van der Waals surface area contributed by atoms with E-state index >= 15 is 0 Å². The van der Waals surface area contributed by atoms with Gasteiger partial charge in [-0.1, -0.05) is 36.4 Å². The van der Waals surface area contributed by atoms with Crippen molar-refractivity contribution >= 4 is 29.1 Å². The Morgan fingerprint density at radius 1 is 0.886 bits per heavy atom. The zero-order valence-electron chi connectivity index (χ0n) is 19.3. The first-order valence-corrected chi connectivity index (χ1v) is 10.7. The average molecular weight is 473 g/mol. The number of hydrogen-bond donors (Lipinski definition) is 1. The third kappa shape index (κ3) is 4.21. The lowest BCUT2D eigenvalue weighted by Crippen LogP contribution is -2.29. The van der Waals surface area contributed by atoms with Gasteiger partial charge in [-0.15, -0.1) is 0 Å². The lowest BCUT2D eigenvalue weighted by Gasteiger charge is -2.26. The maximum Gasteiger partial charge on any atom is 0.337 e.